The van der Waals surface area contributed by atoms with Crippen molar-refractivity contribution in [1.82, 2.24) is 0 Å². The highest BCUT2D eigenvalue weighted by molar-refractivity contribution is 5.99. The number of esters is 4. The fourth-order valence-electron chi connectivity index (χ4n) is 2.71. The summed E-state index contributed by atoms with van der Waals surface area (Å²) in [7, 11) is 5.28. The van der Waals surface area contributed by atoms with E-state index in [0.717, 1.165) is 10.8 Å². The molecule has 0 spiro atoms. The van der Waals surface area contributed by atoms with Crippen molar-refractivity contribution in [3.8, 4) is 0 Å². The maximum absolute atomic E-state index is 11.4. The lowest BCUT2D eigenvalue weighted by Crippen LogP contribution is -2.04. The number of carbonyl (C=O) groups is 4. The van der Waals surface area contributed by atoms with Crippen LogP contribution >= 0.6 is 0 Å². The lowest BCUT2D eigenvalue weighted by Gasteiger charge is -2.04. The average Bonchev–Trinajstić information content (AvgIpc) is 2.95. The Kier molecular flexibility index (Phi) is 12.9. The van der Waals surface area contributed by atoms with Gasteiger partial charge in [0.15, 0.2) is 0 Å². The molecule has 36 heavy (non-hydrogen) atoms. The molecular formula is C26H28O10. The van der Waals surface area contributed by atoms with E-state index in [2.05, 4.69) is 18.9 Å². The van der Waals surface area contributed by atoms with Crippen LogP contribution in [0.5, 0.6) is 0 Å². The molecule has 10 nitrogen and oxygen atoms in total. The summed E-state index contributed by atoms with van der Waals surface area (Å²) in [5.74, 6) is -1.62. The van der Waals surface area contributed by atoms with Crippen LogP contribution in [0.4, 0.5) is 0 Å². The van der Waals surface area contributed by atoms with E-state index in [-0.39, 0.29) is 25.2 Å². The van der Waals surface area contributed by atoms with Crippen LogP contribution in [0.15, 0.2) is 60.7 Å². The fraction of sp³-hybridized carbons (Fsp3) is 0.231. The normalized spacial score (nSPS) is 9.50. The number of fused-ring (bicyclic) bond motifs is 1. The van der Waals surface area contributed by atoms with Crippen LogP contribution in [0.25, 0.3) is 10.8 Å². The lowest BCUT2D eigenvalue weighted by atomic mass is 10.0. The Balaban J connectivity index is 0.000000321. The first-order valence-electron chi connectivity index (χ1n) is 10.4. The smallest absolute Gasteiger partial charge is 0.337 e. The summed E-state index contributed by atoms with van der Waals surface area (Å²) in [6.45, 7) is -0.250. The topological polar surface area (TPSA) is 146 Å². The fourth-order valence-corrected chi connectivity index (χ4v) is 2.71. The van der Waals surface area contributed by atoms with E-state index in [1.165, 1.54) is 52.7 Å². The molecule has 0 aliphatic rings. The number of ether oxygens (including phenoxy) is 4. The first kappa shape index (κ1) is 29.8. The maximum atomic E-state index is 11.4. The number of methoxy groups -OCH3 is 4. The molecular weight excluding hydrogens is 472 g/mol. The first-order valence-corrected chi connectivity index (χ1v) is 10.4. The minimum absolute atomic E-state index is 0.125. The molecule has 0 fully saturated rings. The molecule has 192 valence electrons. The Hall–Kier alpha value is -4.28. The highest BCUT2D eigenvalue weighted by Gasteiger charge is 2.09. The van der Waals surface area contributed by atoms with E-state index in [1.54, 1.807) is 36.4 Å². The van der Waals surface area contributed by atoms with E-state index < -0.39 is 11.9 Å². The Morgan fingerprint density at radius 3 is 1.00 bits per heavy atom. The SMILES string of the molecule is COC(=O)c1ccc(C(=O)OC)cc1.COC(=O)c1ccc2cc(C(=O)OC)ccc2c1.OCCO. The Labute approximate surface area is 208 Å². The molecule has 0 atom stereocenters. The van der Waals surface area contributed by atoms with Gasteiger partial charge in [-0.15, -0.1) is 0 Å². The first-order chi connectivity index (χ1) is 17.3. The minimum atomic E-state index is -0.429. The van der Waals surface area contributed by atoms with Crippen LogP contribution < -0.4 is 0 Å². The molecule has 0 unspecified atom stereocenters. The van der Waals surface area contributed by atoms with Gasteiger partial charge in [-0.05, 0) is 59.3 Å². The third-order valence-corrected chi connectivity index (χ3v) is 4.51. The van der Waals surface area contributed by atoms with Crippen LogP contribution in [0.3, 0.4) is 0 Å². The average molecular weight is 501 g/mol. The lowest BCUT2D eigenvalue weighted by molar-refractivity contribution is 0.0586. The number of hydrogen-bond donors (Lipinski definition) is 2. The molecule has 0 aromatic heterocycles. The summed E-state index contributed by atoms with van der Waals surface area (Å²) >= 11 is 0. The standard InChI is InChI=1S/C14H12O4.C10H10O4.C2H6O2/c1-17-13(15)11-5-3-10-8-12(14(16)18-2)6-4-9(10)7-11;1-13-9(11)7-3-5-8(6-4-7)10(12)14-2;3-1-2-4/h3-8H,1-2H3;3-6H,1-2H3;3-4H,1-2H2. The van der Waals surface area contributed by atoms with Crippen molar-refractivity contribution < 1.29 is 48.3 Å². The van der Waals surface area contributed by atoms with E-state index in [4.69, 9.17) is 10.2 Å². The number of rotatable bonds is 5. The molecule has 0 amide bonds. The van der Waals surface area contributed by atoms with Crippen molar-refractivity contribution in [3.63, 3.8) is 0 Å². The van der Waals surface area contributed by atoms with Crippen LogP contribution in [0.1, 0.15) is 41.4 Å². The van der Waals surface area contributed by atoms with Crippen LogP contribution in [0.2, 0.25) is 0 Å². The van der Waals surface area contributed by atoms with Gasteiger partial charge in [0.05, 0.1) is 63.9 Å². The summed E-state index contributed by atoms with van der Waals surface area (Å²) < 4.78 is 18.3. The molecule has 2 N–H and O–H groups in total. The van der Waals surface area contributed by atoms with Crippen molar-refractivity contribution >= 4 is 34.6 Å². The van der Waals surface area contributed by atoms with Gasteiger partial charge in [0.2, 0.25) is 0 Å². The van der Waals surface area contributed by atoms with Gasteiger partial charge in [-0.3, -0.25) is 0 Å². The van der Waals surface area contributed by atoms with E-state index >= 15 is 0 Å². The third-order valence-electron chi connectivity index (χ3n) is 4.51. The molecule has 3 aromatic carbocycles. The van der Waals surface area contributed by atoms with Crippen molar-refractivity contribution in [1.29, 1.82) is 0 Å². The van der Waals surface area contributed by atoms with Crippen molar-refractivity contribution in [2.45, 2.75) is 0 Å². The summed E-state index contributed by atoms with van der Waals surface area (Å²) in [6.07, 6.45) is 0. The van der Waals surface area contributed by atoms with Crippen LogP contribution in [-0.4, -0.2) is 75.7 Å². The largest absolute Gasteiger partial charge is 0.465 e. The van der Waals surface area contributed by atoms with Crippen molar-refractivity contribution in [3.05, 3.63) is 82.9 Å². The molecule has 3 rings (SSSR count). The number of carbonyl (C=O) groups excluding carboxylic acids is 4. The van der Waals surface area contributed by atoms with Gasteiger partial charge >= 0.3 is 23.9 Å². The van der Waals surface area contributed by atoms with E-state index in [1.807, 2.05) is 0 Å². The molecule has 0 radical (unpaired) electrons. The van der Waals surface area contributed by atoms with E-state index in [9.17, 15) is 19.2 Å². The second-order valence-electron chi connectivity index (χ2n) is 6.77. The Morgan fingerprint density at radius 1 is 0.500 bits per heavy atom. The van der Waals surface area contributed by atoms with Gasteiger partial charge < -0.3 is 29.2 Å². The second kappa shape index (κ2) is 15.6. The molecule has 10 heteroatoms. The minimum Gasteiger partial charge on any atom is -0.465 e. The van der Waals surface area contributed by atoms with E-state index in [0.29, 0.717) is 22.3 Å². The summed E-state index contributed by atoms with van der Waals surface area (Å²) in [5.41, 5.74) is 1.77. The molecule has 0 aliphatic carbocycles. The quantitative estimate of drug-likeness (QED) is 0.396. The zero-order valence-corrected chi connectivity index (χ0v) is 20.3. The molecule has 0 heterocycles. The Bertz CT molecular complexity index is 1080. The number of benzene rings is 3. The molecule has 3 aromatic rings. The summed E-state index contributed by atoms with van der Waals surface area (Å²) in [5, 5.41) is 17.0. The molecule has 0 aliphatic heterocycles. The monoisotopic (exact) mass is 500 g/mol. The van der Waals surface area contributed by atoms with Crippen molar-refractivity contribution in [2.24, 2.45) is 0 Å². The highest BCUT2D eigenvalue weighted by Crippen LogP contribution is 2.19. The molecule has 0 saturated carbocycles. The predicted molar refractivity (Wildman–Crippen MR) is 130 cm³/mol. The second-order valence-corrected chi connectivity index (χ2v) is 6.77. The van der Waals surface area contributed by atoms with Crippen LogP contribution in [0, 0.1) is 0 Å². The predicted octanol–water partition coefficient (Wildman–Crippen LogP) is 2.64. The highest BCUT2D eigenvalue weighted by atomic mass is 16.5. The zero-order valence-electron chi connectivity index (χ0n) is 20.3. The van der Waals surface area contributed by atoms with Crippen LogP contribution in [-0.2, 0) is 18.9 Å². The van der Waals surface area contributed by atoms with Crippen molar-refractivity contribution in [2.75, 3.05) is 41.7 Å². The van der Waals surface area contributed by atoms with Gasteiger partial charge in [-0.25, -0.2) is 19.2 Å². The number of aliphatic hydroxyl groups excluding tert-OH is 2. The van der Waals surface area contributed by atoms with Gasteiger partial charge in [-0.1, -0.05) is 12.1 Å². The van der Waals surface area contributed by atoms with Gasteiger partial charge in [0, 0.05) is 0 Å². The number of aliphatic hydroxyl groups is 2. The molecule has 0 bridgehead atoms. The van der Waals surface area contributed by atoms with Gasteiger partial charge in [0.1, 0.15) is 0 Å². The maximum Gasteiger partial charge on any atom is 0.337 e. The molecule has 0 saturated heterocycles. The Morgan fingerprint density at radius 2 is 0.750 bits per heavy atom. The summed E-state index contributed by atoms with van der Waals surface area (Å²) in [4.78, 5) is 44.8. The summed E-state index contributed by atoms with van der Waals surface area (Å²) in [6, 6.07) is 16.4. The van der Waals surface area contributed by atoms with Gasteiger partial charge in [0.25, 0.3) is 0 Å². The van der Waals surface area contributed by atoms with Gasteiger partial charge in [-0.2, -0.15) is 0 Å². The third kappa shape index (κ3) is 8.82. The zero-order chi connectivity index (χ0) is 27.1. The number of hydrogen-bond acceptors (Lipinski definition) is 10.